The highest BCUT2D eigenvalue weighted by molar-refractivity contribution is 6.08. The van der Waals surface area contributed by atoms with E-state index in [2.05, 4.69) is 17.4 Å². The topological polar surface area (TPSA) is 61.9 Å². The summed E-state index contributed by atoms with van der Waals surface area (Å²) in [5.74, 6) is 0. The molecule has 1 aliphatic rings. The summed E-state index contributed by atoms with van der Waals surface area (Å²) < 4.78 is 0. The van der Waals surface area contributed by atoms with Gasteiger partial charge < -0.3 is 16.5 Å². The Labute approximate surface area is 95.9 Å². The average molecular weight is 215 g/mol. The first-order valence-corrected chi connectivity index (χ1v) is 5.47. The highest BCUT2D eigenvalue weighted by Crippen LogP contribution is 2.42. The molecule has 0 aromatic heterocycles. The van der Waals surface area contributed by atoms with Crippen molar-refractivity contribution in [3.63, 3.8) is 0 Å². The summed E-state index contributed by atoms with van der Waals surface area (Å²) in [6.07, 6.45) is 5.30. The summed E-state index contributed by atoms with van der Waals surface area (Å²) in [6.45, 7) is 0. The number of hydrogen-bond donors (Lipinski definition) is 3. The third kappa shape index (κ3) is 1.99. The molecule has 1 saturated carbocycles. The summed E-state index contributed by atoms with van der Waals surface area (Å²) in [7, 11) is 1.83. The molecule has 0 unspecified atom stereocenters. The summed E-state index contributed by atoms with van der Waals surface area (Å²) in [5.41, 5.74) is 9.14. The highest BCUT2D eigenvalue weighted by Gasteiger charge is 2.39. The minimum atomic E-state index is -0.108. The second-order valence-corrected chi connectivity index (χ2v) is 4.27. The van der Waals surface area contributed by atoms with Crippen LogP contribution in [0.3, 0.4) is 0 Å². The van der Waals surface area contributed by atoms with Gasteiger partial charge in [-0.2, -0.15) is 0 Å². The van der Waals surface area contributed by atoms with Gasteiger partial charge in [-0.15, -0.1) is 0 Å². The van der Waals surface area contributed by atoms with Crippen LogP contribution in [-0.4, -0.2) is 13.3 Å². The molecule has 0 atom stereocenters. The molecular formula is C13H17N3. The molecule has 0 saturated heterocycles. The third-order valence-corrected chi connectivity index (χ3v) is 3.01. The molecular weight excluding hydrogens is 198 g/mol. The predicted octanol–water partition coefficient (Wildman–Crippen LogP) is 1.84. The molecule has 1 aliphatic carbocycles. The second-order valence-electron chi connectivity index (χ2n) is 4.27. The van der Waals surface area contributed by atoms with Gasteiger partial charge in [0.1, 0.15) is 0 Å². The van der Waals surface area contributed by atoms with Gasteiger partial charge in [0.15, 0.2) is 0 Å². The molecule has 4 N–H and O–H groups in total. The Kier molecular flexibility index (Phi) is 2.79. The van der Waals surface area contributed by atoms with Crippen LogP contribution in [0.4, 0.5) is 0 Å². The quantitative estimate of drug-likeness (QED) is 0.671. The smallest absolute Gasteiger partial charge is 0.0411 e. The Morgan fingerprint density at radius 1 is 1.50 bits per heavy atom. The standard InChI is InChI=1S/C13H17N3/c1-16-9-11(8-14)10-3-2-4-12(7-10)13(15)5-6-13/h2-4,7-9,14,16H,5-6,15H2,1H3/b11-9+,14-8?. The van der Waals surface area contributed by atoms with Crippen LogP contribution >= 0.6 is 0 Å². The van der Waals surface area contributed by atoms with Crippen molar-refractivity contribution >= 4 is 11.8 Å². The van der Waals surface area contributed by atoms with E-state index in [0.29, 0.717) is 0 Å². The van der Waals surface area contributed by atoms with E-state index in [4.69, 9.17) is 11.1 Å². The van der Waals surface area contributed by atoms with Crippen molar-refractivity contribution in [2.45, 2.75) is 18.4 Å². The van der Waals surface area contributed by atoms with Gasteiger partial charge in [-0.1, -0.05) is 18.2 Å². The van der Waals surface area contributed by atoms with E-state index >= 15 is 0 Å². The zero-order chi connectivity index (χ0) is 11.6. The number of nitrogens with one attached hydrogen (secondary N) is 2. The van der Waals surface area contributed by atoms with E-state index < -0.39 is 0 Å². The third-order valence-electron chi connectivity index (χ3n) is 3.01. The van der Waals surface area contributed by atoms with Gasteiger partial charge in [0.05, 0.1) is 0 Å². The minimum absolute atomic E-state index is 0.108. The summed E-state index contributed by atoms with van der Waals surface area (Å²) in [4.78, 5) is 0. The van der Waals surface area contributed by atoms with E-state index in [1.807, 2.05) is 25.4 Å². The maximum Gasteiger partial charge on any atom is 0.0411 e. The van der Waals surface area contributed by atoms with Crippen LogP contribution in [0.5, 0.6) is 0 Å². The normalized spacial score (nSPS) is 18.0. The van der Waals surface area contributed by atoms with Crippen molar-refractivity contribution in [1.29, 1.82) is 5.41 Å². The second kappa shape index (κ2) is 4.10. The van der Waals surface area contributed by atoms with Gasteiger partial charge in [-0.25, -0.2) is 0 Å². The van der Waals surface area contributed by atoms with Gasteiger partial charge in [0.25, 0.3) is 0 Å². The Hall–Kier alpha value is -1.61. The van der Waals surface area contributed by atoms with Crippen LogP contribution < -0.4 is 11.1 Å². The van der Waals surface area contributed by atoms with E-state index in [0.717, 1.165) is 24.0 Å². The van der Waals surface area contributed by atoms with Crippen LogP contribution in [0, 0.1) is 5.41 Å². The maximum atomic E-state index is 7.38. The predicted molar refractivity (Wildman–Crippen MR) is 67.4 cm³/mol. The first-order chi connectivity index (χ1) is 7.69. The van der Waals surface area contributed by atoms with E-state index in [-0.39, 0.29) is 5.54 Å². The fourth-order valence-corrected chi connectivity index (χ4v) is 1.80. The Morgan fingerprint density at radius 2 is 2.25 bits per heavy atom. The molecule has 0 radical (unpaired) electrons. The van der Waals surface area contributed by atoms with Gasteiger partial charge in [0, 0.05) is 30.6 Å². The zero-order valence-electron chi connectivity index (χ0n) is 9.46. The van der Waals surface area contributed by atoms with Gasteiger partial charge in [-0.3, -0.25) is 0 Å². The summed E-state index contributed by atoms with van der Waals surface area (Å²) in [6, 6.07) is 8.16. The van der Waals surface area contributed by atoms with Crippen LogP contribution in [0.15, 0.2) is 30.5 Å². The molecule has 0 aliphatic heterocycles. The lowest BCUT2D eigenvalue weighted by atomic mass is 9.99. The van der Waals surface area contributed by atoms with Crippen molar-refractivity contribution in [2.24, 2.45) is 5.73 Å². The molecule has 3 heteroatoms. The number of allylic oxidation sites excluding steroid dienone is 1. The fourth-order valence-electron chi connectivity index (χ4n) is 1.80. The van der Waals surface area contributed by atoms with E-state index in [1.165, 1.54) is 11.8 Å². The lowest BCUT2D eigenvalue weighted by Gasteiger charge is -2.11. The molecule has 84 valence electrons. The fraction of sp³-hybridized carbons (Fsp3) is 0.308. The average Bonchev–Trinajstić information content (AvgIpc) is 3.06. The highest BCUT2D eigenvalue weighted by atomic mass is 14.8. The number of rotatable bonds is 4. The number of nitrogens with two attached hydrogens (primary N) is 1. The van der Waals surface area contributed by atoms with Crippen molar-refractivity contribution in [2.75, 3.05) is 7.05 Å². The van der Waals surface area contributed by atoms with Crippen molar-refractivity contribution < 1.29 is 0 Å². The summed E-state index contributed by atoms with van der Waals surface area (Å²) in [5, 5.41) is 10.3. The van der Waals surface area contributed by atoms with Crippen LogP contribution in [0.25, 0.3) is 5.57 Å². The van der Waals surface area contributed by atoms with Crippen LogP contribution in [-0.2, 0) is 5.54 Å². The van der Waals surface area contributed by atoms with Crippen molar-refractivity contribution in [1.82, 2.24) is 5.32 Å². The molecule has 1 fully saturated rings. The molecule has 3 nitrogen and oxygen atoms in total. The maximum absolute atomic E-state index is 7.38. The molecule has 0 bridgehead atoms. The Bertz CT molecular complexity index is 431. The molecule has 0 spiro atoms. The molecule has 0 amide bonds. The van der Waals surface area contributed by atoms with Crippen LogP contribution in [0.2, 0.25) is 0 Å². The monoisotopic (exact) mass is 215 g/mol. The van der Waals surface area contributed by atoms with Crippen LogP contribution in [0.1, 0.15) is 24.0 Å². The van der Waals surface area contributed by atoms with Crippen molar-refractivity contribution in [3.8, 4) is 0 Å². The number of benzene rings is 1. The largest absolute Gasteiger partial charge is 0.393 e. The SMILES string of the molecule is CN/C=C(\C=N)c1cccc(C2(N)CC2)c1. The van der Waals surface area contributed by atoms with E-state index in [9.17, 15) is 0 Å². The first kappa shape index (κ1) is 10.9. The van der Waals surface area contributed by atoms with Gasteiger partial charge >= 0.3 is 0 Å². The summed E-state index contributed by atoms with van der Waals surface area (Å²) >= 11 is 0. The molecule has 2 rings (SSSR count). The lowest BCUT2D eigenvalue weighted by molar-refractivity contribution is 0.740. The molecule has 1 aromatic carbocycles. The lowest BCUT2D eigenvalue weighted by Crippen LogP contribution is -2.18. The van der Waals surface area contributed by atoms with Gasteiger partial charge in [-0.05, 0) is 30.0 Å². The first-order valence-electron chi connectivity index (χ1n) is 5.47. The van der Waals surface area contributed by atoms with Gasteiger partial charge in [0.2, 0.25) is 0 Å². The molecule has 0 heterocycles. The zero-order valence-corrected chi connectivity index (χ0v) is 9.46. The molecule has 1 aromatic rings. The van der Waals surface area contributed by atoms with Crippen molar-refractivity contribution in [3.05, 3.63) is 41.6 Å². The Balaban J connectivity index is 2.35. The van der Waals surface area contributed by atoms with E-state index in [1.54, 1.807) is 0 Å². The molecule has 16 heavy (non-hydrogen) atoms. The minimum Gasteiger partial charge on any atom is -0.393 e. The number of hydrogen-bond acceptors (Lipinski definition) is 3. The Morgan fingerprint density at radius 3 is 2.81 bits per heavy atom.